The number of nitrogens with zero attached hydrogens (tertiary/aromatic N) is 1. The Bertz CT molecular complexity index is 293. The van der Waals surface area contributed by atoms with Gasteiger partial charge in [0.2, 0.25) is 5.91 Å². The predicted molar refractivity (Wildman–Crippen MR) is 72.6 cm³/mol. The molecule has 1 rings (SSSR count). The number of carboxylic acid groups (broad SMARTS) is 1. The monoisotopic (exact) mass is 274 g/mol. The van der Waals surface area contributed by atoms with Crippen LogP contribution in [0.4, 0.5) is 0 Å². The predicted octanol–water partition coefficient (Wildman–Crippen LogP) is 0.923. The minimum absolute atomic E-state index is 0.0736. The van der Waals surface area contributed by atoms with Gasteiger partial charge in [0.25, 0.3) is 0 Å². The van der Waals surface area contributed by atoms with Crippen LogP contribution in [0.3, 0.4) is 0 Å². The summed E-state index contributed by atoms with van der Waals surface area (Å²) in [5, 5.41) is 8.63. The van der Waals surface area contributed by atoms with Crippen LogP contribution in [0.15, 0.2) is 0 Å². The van der Waals surface area contributed by atoms with Crippen LogP contribution in [0.25, 0.3) is 0 Å². The van der Waals surface area contributed by atoms with Crippen LogP contribution in [-0.4, -0.2) is 52.5 Å². The number of thioether (sulfide) groups is 1. The molecule has 0 radical (unpaired) electrons. The standard InChI is InChI=1S/C12H22N2O3S/c1-14(9-5-3-2-4-6-9)11(15)8-18-7-10(13)12(16)17/h9-10H,2-8,13H2,1H3,(H,16,17)/t10-/m1/s1. The van der Waals surface area contributed by atoms with E-state index >= 15 is 0 Å². The third-order valence-corrected chi connectivity index (χ3v) is 4.40. The van der Waals surface area contributed by atoms with Crippen molar-refractivity contribution in [3.8, 4) is 0 Å². The molecule has 1 aliphatic rings. The highest BCUT2D eigenvalue weighted by Crippen LogP contribution is 2.22. The Hall–Kier alpha value is -0.750. The first kappa shape index (κ1) is 15.3. The summed E-state index contributed by atoms with van der Waals surface area (Å²) in [6, 6.07) is -0.525. The van der Waals surface area contributed by atoms with Crippen LogP contribution < -0.4 is 5.73 Å². The topological polar surface area (TPSA) is 83.6 Å². The molecule has 1 aliphatic carbocycles. The molecule has 5 nitrogen and oxygen atoms in total. The van der Waals surface area contributed by atoms with E-state index in [1.807, 2.05) is 11.9 Å². The normalized spacial score (nSPS) is 18.3. The lowest BCUT2D eigenvalue weighted by molar-refractivity contribution is -0.138. The van der Waals surface area contributed by atoms with E-state index in [0.29, 0.717) is 11.8 Å². The number of carbonyl (C=O) groups is 2. The lowest BCUT2D eigenvalue weighted by Gasteiger charge is -2.31. The van der Waals surface area contributed by atoms with Crippen molar-refractivity contribution < 1.29 is 14.7 Å². The molecule has 104 valence electrons. The zero-order valence-corrected chi connectivity index (χ0v) is 11.6. The summed E-state index contributed by atoms with van der Waals surface area (Å²) in [6.07, 6.45) is 5.82. The Kier molecular flexibility index (Phi) is 6.49. The zero-order chi connectivity index (χ0) is 13.5. The van der Waals surface area contributed by atoms with Crippen LogP contribution in [0, 0.1) is 0 Å². The summed E-state index contributed by atoms with van der Waals surface area (Å²) in [6.45, 7) is 0. The molecule has 0 aromatic carbocycles. The van der Waals surface area contributed by atoms with Crippen LogP contribution >= 0.6 is 11.8 Å². The van der Waals surface area contributed by atoms with Crippen molar-refractivity contribution in [1.82, 2.24) is 4.90 Å². The van der Waals surface area contributed by atoms with Gasteiger partial charge in [-0.3, -0.25) is 9.59 Å². The number of amides is 1. The van der Waals surface area contributed by atoms with Gasteiger partial charge in [0.1, 0.15) is 6.04 Å². The Morgan fingerprint density at radius 2 is 2.00 bits per heavy atom. The molecule has 0 aromatic rings. The number of rotatable bonds is 6. The Morgan fingerprint density at radius 1 is 1.39 bits per heavy atom. The molecule has 0 aromatic heterocycles. The number of carbonyl (C=O) groups excluding carboxylic acids is 1. The first-order chi connectivity index (χ1) is 8.52. The molecule has 0 spiro atoms. The second-order valence-electron chi connectivity index (χ2n) is 4.76. The molecule has 1 amide bonds. The van der Waals surface area contributed by atoms with Crippen LogP contribution in [0.1, 0.15) is 32.1 Å². The molecule has 1 saturated carbocycles. The Morgan fingerprint density at radius 3 is 2.56 bits per heavy atom. The molecule has 0 heterocycles. The number of aliphatic carboxylic acids is 1. The summed E-state index contributed by atoms with van der Waals surface area (Å²) in [5.41, 5.74) is 5.38. The first-order valence-corrected chi connectivity index (χ1v) is 7.49. The maximum absolute atomic E-state index is 11.9. The van der Waals surface area contributed by atoms with E-state index < -0.39 is 12.0 Å². The largest absolute Gasteiger partial charge is 0.480 e. The molecule has 1 fully saturated rings. The Labute approximate surface area is 112 Å². The Balaban J connectivity index is 2.24. The summed E-state index contributed by atoms with van der Waals surface area (Å²) in [7, 11) is 1.84. The highest BCUT2D eigenvalue weighted by atomic mass is 32.2. The van der Waals surface area contributed by atoms with Gasteiger partial charge in [-0.15, -0.1) is 11.8 Å². The van der Waals surface area contributed by atoms with Crippen molar-refractivity contribution in [2.75, 3.05) is 18.6 Å². The van der Waals surface area contributed by atoms with Gasteiger partial charge in [0.15, 0.2) is 0 Å². The summed E-state index contributed by atoms with van der Waals surface area (Å²) >= 11 is 1.29. The van der Waals surface area contributed by atoms with Gasteiger partial charge in [-0.2, -0.15) is 0 Å². The van der Waals surface area contributed by atoms with Crippen LogP contribution in [0.2, 0.25) is 0 Å². The van der Waals surface area contributed by atoms with Crippen molar-refractivity contribution in [2.24, 2.45) is 5.73 Å². The van der Waals surface area contributed by atoms with E-state index in [-0.39, 0.29) is 11.7 Å². The van der Waals surface area contributed by atoms with E-state index in [0.717, 1.165) is 12.8 Å². The van der Waals surface area contributed by atoms with Crippen LogP contribution in [0.5, 0.6) is 0 Å². The number of nitrogens with two attached hydrogens (primary N) is 1. The number of hydrogen-bond donors (Lipinski definition) is 2. The highest BCUT2D eigenvalue weighted by Gasteiger charge is 2.22. The highest BCUT2D eigenvalue weighted by molar-refractivity contribution is 8.00. The second-order valence-corrected chi connectivity index (χ2v) is 5.79. The van der Waals surface area contributed by atoms with Crippen molar-refractivity contribution >= 4 is 23.6 Å². The van der Waals surface area contributed by atoms with Crippen LogP contribution in [-0.2, 0) is 9.59 Å². The summed E-state index contributed by atoms with van der Waals surface area (Å²) in [4.78, 5) is 24.3. The minimum Gasteiger partial charge on any atom is -0.480 e. The fourth-order valence-corrected chi connectivity index (χ4v) is 3.01. The fourth-order valence-electron chi connectivity index (χ4n) is 2.12. The van der Waals surface area contributed by atoms with Crippen molar-refractivity contribution in [1.29, 1.82) is 0 Å². The van der Waals surface area contributed by atoms with E-state index in [4.69, 9.17) is 10.8 Å². The summed E-state index contributed by atoms with van der Waals surface area (Å²) < 4.78 is 0. The smallest absolute Gasteiger partial charge is 0.321 e. The van der Waals surface area contributed by atoms with E-state index in [1.54, 1.807) is 0 Å². The molecule has 1 atom stereocenters. The first-order valence-electron chi connectivity index (χ1n) is 6.34. The third-order valence-electron chi connectivity index (χ3n) is 3.36. The molecule has 0 aliphatic heterocycles. The average molecular weight is 274 g/mol. The molecular weight excluding hydrogens is 252 g/mol. The van der Waals surface area contributed by atoms with Crippen molar-refractivity contribution in [3.63, 3.8) is 0 Å². The molecular formula is C12H22N2O3S. The molecule has 3 N–H and O–H groups in total. The van der Waals surface area contributed by atoms with Crippen molar-refractivity contribution in [2.45, 2.75) is 44.2 Å². The average Bonchev–Trinajstić information content (AvgIpc) is 2.38. The lowest BCUT2D eigenvalue weighted by atomic mass is 9.94. The SMILES string of the molecule is CN(C(=O)CSC[C@@H](N)C(=O)O)C1CCCCC1. The van der Waals surface area contributed by atoms with Gasteiger partial charge in [0, 0.05) is 18.8 Å². The van der Waals surface area contributed by atoms with Gasteiger partial charge in [-0.1, -0.05) is 19.3 Å². The van der Waals surface area contributed by atoms with E-state index in [9.17, 15) is 9.59 Å². The lowest BCUT2D eigenvalue weighted by Crippen LogP contribution is -2.40. The van der Waals surface area contributed by atoms with Gasteiger partial charge in [-0.05, 0) is 12.8 Å². The number of hydrogen-bond acceptors (Lipinski definition) is 4. The van der Waals surface area contributed by atoms with Gasteiger partial charge < -0.3 is 15.7 Å². The second kappa shape index (κ2) is 7.63. The maximum atomic E-state index is 11.9. The van der Waals surface area contributed by atoms with Gasteiger partial charge in [-0.25, -0.2) is 0 Å². The molecule has 0 unspecified atom stereocenters. The quantitative estimate of drug-likeness (QED) is 0.752. The van der Waals surface area contributed by atoms with E-state index in [1.165, 1.54) is 31.0 Å². The molecule has 18 heavy (non-hydrogen) atoms. The molecule has 0 saturated heterocycles. The fraction of sp³-hybridized carbons (Fsp3) is 0.833. The van der Waals surface area contributed by atoms with Crippen molar-refractivity contribution in [3.05, 3.63) is 0 Å². The minimum atomic E-state index is -1.02. The van der Waals surface area contributed by atoms with Gasteiger partial charge in [0.05, 0.1) is 5.75 Å². The molecule has 0 bridgehead atoms. The number of carboxylic acids is 1. The third kappa shape index (κ3) is 4.86. The van der Waals surface area contributed by atoms with E-state index in [2.05, 4.69) is 0 Å². The van der Waals surface area contributed by atoms with Gasteiger partial charge >= 0.3 is 5.97 Å². The molecule has 6 heteroatoms. The summed E-state index contributed by atoms with van der Waals surface area (Å²) in [5.74, 6) is -0.354. The zero-order valence-electron chi connectivity index (χ0n) is 10.8. The maximum Gasteiger partial charge on any atom is 0.321 e.